The molecule has 2 aromatic rings. The lowest BCUT2D eigenvalue weighted by Crippen LogP contribution is -1.98. The summed E-state index contributed by atoms with van der Waals surface area (Å²) in [7, 11) is 0. The third-order valence-electron chi connectivity index (χ3n) is 2.38. The van der Waals surface area contributed by atoms with Crippen molar-refractivity contribution in [2.24, 2.45) is 0 Å². The first-order valence-corrected chi connectivity index (χ1v) is 7.53. The largest absolute Gasteiger partial charge is 0.294 e. The Morgan fingerprint density at radius 1 is 1.33 bits per heavy atom. The molecule has 3 nitrogen and oxygen atoms in total. The molecule has 0 N–H and O–H groups in total. The first-order chi connectivity index (χ1) is 8.75. The zero-order valence-electron chi connectivity index (χ0n) is 10.1. The summed E-state index contributed by atoms with van der Waals surface area (Å²) in [6, 6.07) is 9.44. The maximum atomic E-state index is 11.8. The van der Waals surface area contributed by atoms with Crippen LogP contribution < -0.4 is 0 Å². The number of carbonyl (C=O) groups is 1. The molecule has 2 rings (SSSR count). The van der Waals surface area contributed by atoms with Crippen LogP contribution in [0.5, 0.6) is 0 Å². The van der Waals surface area contributed by atoms with Gasteiger partial charge in [-0.05, 0) is 24.9 Å². The number of aryl methyl sites for hydroxylation is 1. The van der Waals surface area contributed by atoms with Crippen LogP contribution in [0.25, 0.3) is 0 Å². The highest BCUT2D eigenvalue weighted by Gasteiger charge is 2.05. The van der Waals surface area contributed by atoms with Crippen LogP contribution in [-0.2, 0) is 0 Å². The second-order valence-corrected chi connectivity index (χ2v) is 5.94. The average molecular weight is 278 g/mol. The van der Waals surface area contributed by atoms with Crippen molar-refractivity contribution in [2.75, 3.05) is 5.75 Å². The molecule has 0 aliphatic carbocycles. The van der Waals surface area contributed by atoms with E-state index in [1.807, 2.05) is 37.3 Å². The molecule has 0 fully saturated rings. The van der Waals surface area contributed by atoms with Crippen LogP contribution in [-0.4, -0.2) is 20.9 Å². The first kappa shape index (κ1) is 13.2. The van der Waals surface area contributed by atoms with Gasteiger partial charge in [-0.1, -0.05) is 42.1 Å². The number of Topliss-reactive ketones (excluding diaryl/α,β-unsaturated/α-hetero) is 1. The fourth-order valence-electron chi connectivity index (χ4n) is 1.50. The topological polar surface area (TPSA) is 42.9 Å². The Morgan fingerprint density at radius 3 is 2.78 bits per heavy atom. The molecule has 0 aliphatic rings. The Morgan fingerprint density at radius 2 is 2.11 bits per heavy atom. The number of ketones is 1. The van der Waals surface area contributed by atoms with E-state index in [9.17, 15) is 4.79 Å². The van der Waals surface area contributed by atoms with Gasteiger partial charge in [-0.3, -0.25) is 4.79 Å². The molecular formula is C13H14N2OS2. The SMILES string of the molecule is Cc1nsc(SCCCC(=O)c2ccccc2)n1. The molecular weight excluding hydrogens is 264 g/mol. The Bertz CT molecular complexity index is 511. The second-order valence-electron chi connectivity index (χ2n) is 3.85. The summed E-state index contributed by atoms with van der Waals surface area (Å²) in [6.45, 7) is 1.89. The molecule has 1 aromatic heterocycles. The van der Waals surface area contributed by atoms with Gasteiger partial charge in [0.1, 0.15) is 5.82 Å². The van der Waals surface area contributed by atoms with Gasteiger partial charge < -0.3 is 0 Å². The molecule has 0 saturated carbocycles. The first-order valence-electron chi connectivity index (χ1n) is 5.77. The van der Waals surface area contributed by atoms with Crippen molar-refractivity contribution >= 4 is 29.1 Å². The summed E-state index contributed by atoms with van der Waals surface area (Å²) in [5, 5.41) is 0. The predicted molar refractivity (Wildman–Crippen MR) is 75.4 cm³/mol. The number of thioether (sulfide) groups is 1. The van der Waals surface area contributed by atoms with Crippen molar-refractivity contribution in [3.8, 4) is 0 Å². The van der Waals surface area contributed by atoms with Crippen LogP contribution in [0.4, 0.5) is 0 Å². The minimum Gasteiger partial charge on any atom is -0.294 e. The van der Waals surface area contributed by atoms with E-state index in [0.717, 1.165) is 27.9 Å². The number of hydrogen-bond acceptors (Lipinski definition) is 5. The van der Waals surface area contributed by atoms with Gasteiger partial charge in [0, 0.05) is 17.7 Å². The zero-order chi connectivity index (χ0) is 12.8. The van der Waals surface area contributed by atoms with E-state index < -0.39 is 0 Å². The Balaban J connectivity index is 1.71. The highest BCUT2D eigenvalue weighted by Crippen LogP contribution is 2.21. The highest BCUT2D eigenvalue weighted by molar-refractivity contribution is 8.00. The number of hydrogen-bond donors (Lipinski definition) is 0. The quantitative estimate of drug-likeness (QED) is 0.460. The van der Waals surface area contributed by atoms with Crippen LogP contribution in [0.3, 0.4) is 0 Å². The van der Waals surface area contributed by atoms with Crippen molar-refractivity contribution < 1.29 is 4.79 Å². The molecule has 0 radical (unpaired) electrons. The Hall–Kier alpha value is -1.20. The Kier molecular flexibility index (Phi) is 4.90. The number of aromatic nitrogens is 2. The molecule has 5 heteroatoms. The summed E-state index contributed by atoms with van der Waals surface area (Å²) in [4.78, 5) is 16.1. The molecule has 0 unspecified atom stereocenters. The molecule has 1 aromatic carbocycles. The minimum absolute atomic E-state index is 0.213. The van der Waals surface area contributed by atoms with E-state index in [2.05, 4.69) is 9.36 Å². The molecule has 0 spiro atoms. The van der Waals surface area contributed by atoms with E-state index in [1.165, 1.54) is 11.5 Å². The summed E-state index contributed by atoms with van der Waals surface area (Å²) in [5.41, 5.74) is 0.800. The molecule has 0 saturated heterocycles. The third-order valence-corrected chi connectivity index (χ3v) is 4.39. The van der Waals surface area contributed by atoms with E-state index in [0.29, 0.717) is 6.42 Å². The monoisotopic (exact) mass is 278 g/mol. The predicted octanol–water partition coefficient (Wildman–Crippen LogP) is 3.60. The highest BCUT2D eigenvalue weighted by atomic mass is 32.2. The van der Waals surface area contributed by atoms with Crippen LogP contribution in [0, 0.1) is 6.92 Å². The summed E-state index contributed by atoms with van der Waals surface area (Å²) in [6.07, 6.45) is 1.46. The fraction of sp³-hybridized carbons (Fsp3) is 0.308. The second kappa shape index (κ2) is 6.66. The number of benzene rings is 1. The standard InChI is InChI=1S/C13H14N2OS2/c1-10-14-13(18-15-10)17-9-5-8-12(16)11-6-3-2-4-7-11/h2-4,6-7H,5,8-9H2,1H3. The lowest BCUT2D eigenvalue weighted by molar-refractivity contribution is 0.0982. The number of rotatable bonds is 6. The molecule has 94 valence electrons. The maximum absolute atomic E-state index is 11.8. The molecule has 18 heavy (non-hydrogen) atoms. The van der Waals surface area contributed by atoms with Gasteiger partial charge in [0.25, 0.3) is 0 Å². The van der Waals surface area contributed by atoms with Gasteiger partial charge in [-0.2, -0.15) is 4.37 Å². The average Bonchev–Trinajstić information content (AvgIpc) is 2.81. The van der Waals surface area contributed by atoms with Crippen molar-refractivity contribution in [2.45, 2.75) is 24.1 Å². The molecule has 0 aliphatic heterocycles. The van der Waals surface area contributed by atoms with Crippen LogP contribution in [0.1, 0.15) is 29.0 Å². The van der Waals surface area contributed by atoms with Crippen molar-refractivity contribution in [3.05, 3.63) is 41.7 Å². The van der Waals surface area contributed by atoms with Gasteiger partial charge >= 0.3 is 0 Å². The number of carbonyl (C=O) groups excluding carboxylic acids is 1. The van der Waals surface area contributed by atoms with Gasteiger partial charge in [0.15, 0.2) is 10.1 Å². The van der Waals surface area contributed by atoms with Gasteiger partial charge in [-0.15, -0.1) is 0 Å². The van der Waals surface area contributed by atoms with E-state index in [1.54, 1.807) is 11.8 Å². The zero-order valence-corrected chi connectivity index (χ0v) is 11.8. The van der Waals surface area contributed by atoms with Gasteiger partial charge in [0.2, 0.25) is 0 Å². The van der Waals surface area contributed by atoms with Crippen molar-refractivity contribution in [3.63, 3.8) is 0 Å². The summed E-state index contributed by atoms with van der Waals surface area (Å²) < 4.78 is 5.11. The Labute approximate surface area is 115 Å². The van der Waals surface area contributed by atoms with Gasteiger partial charge in [0.05, 0.1) is 0 Å². The smallest absolute Gasteiger partial charge is 0.170 e. The van der Waals surface area contributed by atoms with Crippen molar-refractivity contribution in [1.29, 1.82) is 0 Å². The molecule has 0 bridgehead atoms. The minimum atomic E-state index is 0.213. The summed E-state index contributed by atoms with van der Waals surface area (Å²) >= 11 is 3.09. The molecule has 0 atom stereocenters. The summed E-state index contributed by atoms with van der Waals surface area (Å²) in [5.74, 6) is 1.94. The van der Waals surface area contributed by atoms with E-state index in [4.69, 9.17) is 0 Å². The number of nitrogens with zero attached hydrogens (tertiary/aromatic N) is 2. The van der Waals surface area contributed by atoms with E-state index in [-0.39, 0.29) is 5.78 Å². The molecule has 1 heterocycles. The van der Waals surface area contributed by atoms with Gasteiger partial charge in [-0.25, -0.2) is 4.98 Å². The maximum Gasteiger partial charge on any atom is 0.170 e. The lowest BCUT2D eigenvalue weighted by Gasteiger charge is -1.99. The van der Waals surface area contributed by atoms with E-state index >= 15 is 0 Å². The van der Waals surface area contributed by atoms with Crippen LogP contribution in [0.15, 0.2) is 34.7 Å². The van der Waals surface area contributed by atoms with Crippen molar-refractivity contribution in [1.82, 2.24) is 9.36 Å². The van der Waals surface area contributed by atoms with Crippen LogP contribution >= 0.6 is 23.3 Å². The molecule has 0 amide bonds. The lowest BCUT2D eigenvalue weighted by atomic mass is 10.1. The van der Waals surface area contributed by atoms with Crippen LogP contribution in [0.2, 0.25) is 0 Å². The third kappa shape index (κ3) is 3.92. The normalized spacial score (nSPS) is 10.5. The fourth-order valence-corrected chi connectivity index (χ4v) is 3.15.